The third-order valence-electron chi connectivity index (χ3n) is 1.79. The third-order valence-corrected chi connectivity index (χ3v) is 1.79. The second-order valence-corrected chi connectivity index (χ2v) is 2.97. The monoisotopic (exact) mass is 199 g/mol. The van der Waals surface area contributed by atoms with Gasteiger partial charge in [-0.25, -0.2) is 0 Å². The maximum Gasteiger partial charge on any atom is 0.345 e. The Labute approximate surface area is 81.6 Å². The van der Waals surface area contributed by atoms with Gasteiger partial charge < -0.3 is 14.9 Å². The van der Waals surface area contributed by atoms with Gasteiger partial charge in [0.25, 0.3) is 0 Å². The van der Waals surface area contributed by atoms with Gasteiger partial charge >= 0.3 is 5.82 Å². The molecule has 0 radical (unpaired) electrons. The van der Waals surface area contributed by atoms with Crippen molar-refractivity contribution >= 4 is 5.82 Å². The van der Waals surface area contributed by atoms with E-state index in [4.69, 9.17) is 4.74 Å². The van der Waals surface area contributed by atoms with Crippen molar-refractivity contribution in [3.8, 4) is 0 Å². The number of hydrogen-bond acceptors (Lipinski definition) is 4. The average Bonchev–Trinajstić information content (AvgIpc) is 2.47. The Kier molecular flexibility index (Phi) is 3.58. The third kappa shape index (κ3) is 2.53. The highest BCUT2D eigenvalue weighted by Gasteiger charge is 2.15. The molecule has 0 unspecified atom stereocenters. The molecule has 1 aromatic heterocycles. The lowest BCUT2D eigenvalue weighted by Crippen LogP contribution is -2.06. The molecule has 0 spiro atoms. The summed E-state index contributed by atoms with van der Waals surface area (Å²) in [7, 11) is 1.60. The number of nitro groups is 1. The van der Waals surface area contributed by atoms with E-state index in [1.54, 1.807) is 14.0 Å². The number of rotatable bonds is 5. The first kappa shape index (κ1) is 10.6. The van der Waals surface area contributed by atoms with E-state index < -0.39 is 4.92 Å². The second kappa shape index (κ2) is 4.71. The van der Waals surface area contributed by atoms with Crippen LogP contribution in [-0.4, -0.2) is 28.4 Å². The first-order valence-corrected chi connectivity index (χ1v) is 4.33. The maximum atomic E-state index is 10.6. The molecule has 6 nitrogen and oxygen atoms in total. The first-order valence-electron chi connectivity index (χ1n) is 4.33. The van der Waals surface area contributed by atoms with Crippen molar-refractivity contribution in [2.24, 2.45) is 0 Å². The normalized spacial score (nSPS) is 10.4. The summed E-state index contributed by atoms with van der Waals surface area (Å²) in [6.45, 7) is 2.83. The van der Waals surface area contributed by atoms with Gasteiger partial charge in [-0.1, -0.05) is 5.10 Å². The molecule has 0 saturated carbocycles. The van der Waals surface area contributed by atoms with Crippen molar-refractivity contribution in [1.29, 1.82) is 0 Å². The Morgan fingerprint density at radius 3 is 3.00 bits per heavy atom. The van der Waals surface area contributed by atoms with Crippen LogP contribution >= 0.6 is 0 Å². The van der Waals surface area contributed by atoms with E-state index in [-0.39, 0.29) is 5.82 Å². The molecule has 0 atom stereocenters. The molecule has 78 valence electrons. The summed E-state index contributed by atoms with van der Waals surface area (Å²) in [6.07, 6.45) is 0.721. The van der Waals surface area contributed by atoms with Crippen LogP contribution in [0.2, 0.25) is 0 Å². The van der Waals surface area contributed by atoms with E-state index in [1.807, 2.05) is 0 Å². The van der Waals surface area contributed by atoms with Gasteiger partial charge in [-0.3, -0.25) is 0 Å². The lowest BCUT2D eigenvalue weighted by molar-refractivity contribution is -0.392. The van der Waals surface area contributed by atoms with E-state index in [2.05, 4.69) is 5.10 Å². The molecule has 6 heteroatoms. The number of methoxy groups -OCH3 is 1. The van der Waals surface area contributed by atoms with Crippen LogP contribution in [0.1, 0.15) is 12.1 Å². The van der Waals surface area contributed by atoms with Crippen molar-refractivity contribution in [3.63, 3.8) is 0 Å². The SMILES string of the molecule is COCCCn1nc(C)cc1[N+](=O)[O-]. The van der Waals surface area contributed by atoms with Crippen LogP contribution in [0.15, 0.2) is 6.07 Å². The minimum atomic E-state index is -0.424. The van der Waals surface area contributed by atoms with Gasteiger partial charge in [-0.15, -0.1) is 4.68 Å². The fraction of sp³-hybridized carbons (Fsp3) is 0.625. The van der Waals surface area contributed by atoms with Crippen LogP contribution in [-0.2, 0) is 11.3 Å². The van der Waals surface area contributed by atoms with Gasteiger partial charge in [0.1, 0.15) is 6.54 Å². The number of aromatic nitrogens is 2. The average molecular weight is 199 g/mol. The highest BCUT2D eigenvalue weighted by Crippen LogP contribution is 2.12. The molecule has 0 aromatic carbocycles. The molecular formula is C8H13N3O3. The molecular weight excluding hydrogens is 186 g/mol. The highest BCUT2D eigenvalue weighted by atomic mass is 16.6. The summed E-state index contributed by atoms with van der Waals surface area (Å²) in [5.74, 6) is 0.0404. The van der Waals surface area contributed by atoms with Crippen LogP contribution in [0.3, 0.4) is 0 Å². The van der Waals surface area contributed by atoms with Crippen LogP contribution < -0.4 is 0 Å². The highest BCUT2D eigenvalue weighted by molar-refractivity contribution is 5.21. The number of nitrogens with zero attached hydrogens (tertiary/aromatic N) is 3. The van der Waals surface area contributed by atoms with Crippen LogP contribution in [0.4, 0.5) is 5.82 Å². The number of ether oxygens (including phenoxy) is 1. The van der Waals surface area contributed by atoms with Gasteiger partial charge in [0, 0.05) is 13.5 Å². The van der Waals surface area contributed by atoms with Crippen molar-refractivity contribution in [1.82, 2.24) is 9.78 Å². The van der Waals surface area contributed by atoms with Crippen LogP contribution in [0, 0.1) is 17.0 Å². The van der Waals surface area contributed by atoms with Crippen LogP contribution in [0.25, 0.3) is 0 Å². The minimum absolute atomic E-state index is 0.0404. The maximum absolute atomic E-state index is 10.6. The lowest BCUT2D eigenvalue weighted by Gasteiger charge is -1.98. The van der Waals surface area contributed by atoms with Crippen molar-refractivity contribution in [2.45, 2.75) is 19.9 Å². The minimum Gasteiger partial charge on any atom is -0.385 e. The van der Waals surface area contributed by atoms with Crippen molar-refractivity contribution < 1.29 is 9.66 Å². The Balaban J connectivity index is 2.69. The van der Waals surface area contributed by atoms with Gasteiger partial charge in [0.05, 0.1) is 18.4 Å². The Morgan fingerprint density at radius 1 is 1.71 bits per heavy atom. The molecule has 0 fully saturated rings. The van der Waals surface area contributed by atoms with E-state index in [9.17, 15) is 10.1 Å². The van der Waals surface area contributed by atoms with E-state index in [1.165, 1.54) is 10.7 Å². The summed E-state index contributed by atoms with van der Waals surface area (Å²) in [4.78, 5) is 10.2. The van der Waals surface area contributed by atoms with Gasteiger partial charge in [0.2, 0.25) is 0 Å². The molecule has 0 aliphatic rings. The standard InChI is InChI=1S/C8H13N3O3/c1-7-6-8(11(12)13)10(9-7)4-3-5-14-2/h6H,3-5H2,1-2H3. The van der Waals surface area contributed by atoms with Crippen LogP contribution in [0.5, 0.6) is 0 Å². The summed E-state index contributed by atoms with van der Waals surface area (Å²) in [6, 6.07) is 1.47. The van der Waals surface area contributed by atoms with Gasteiger partial charge in [0.15, 0.2) is 0 Å². The molecule has 0 amide bonds. The molecule has 14 heavy (non-hydrogen) atoms. The zero-order valence-corrected chi connectivity index (χ0v) is 8.27. The van der Waals surface area contributed by atoms with E-state index in [0.29, 0.717) is 18.8 Å². The topological polar surface area (TPSA) is 70.2 Å². The summed E-state index contributed by atoms with van der Waals surface area (Å²) >= 11 is 0. The van der Waals surface area contributed by atoms with Crippen molar-refractivity contribution in [3.05, 3.63) is 21.9 Å². The summed E-state index contributed by atoms with van der Waals surface area (Å²) in [5.41, 5.74) is 0.661. The van der Waals surface area contributed by atoms with E-state index >= 15 is 0 Å². The van der Waals surface area contributed by atoms with E-state index in [0.717, 1.165) is 6.42 Å². The Hall–Kier alpha value is -1.43. The molecule has 0 N–H and O–H groups in total. The van der Waals surface area contributed by atoms with Gasteiger partial charge in [-0.2, -0.15) is 0 Å². The fourth-order valence-corrected chi connectivity index (χ4v) is 1.20. The summed E-state index contributed by atoms with van der Waals surface area (Å²) < 4.78 is 6.26. The van der Waals surface area contributed by atoms with Gasteiger partial charge in [-0.05, 0) is 11.8 Å². The fourth-order valence-electron chi connectivity index (χ4n) is 1.20. The molecule has 0 saturated heterocycles. The largest absolute Gasteiger partial charge is 0.385 e. The zero-order valence-electron chi connectivity index (χ0n) is 8.27. The predicted octanol–water partition coefficient (Wildman–Crippen LogP) is 1.14. The molecule has 0 aliphatic carbocycles. The second-order valence-electron chi connectivity index (χ2n) is 2.97. The first-order chi connectivity index (χ1) is 6.65. The Bertz CT molecular complexity index is 322. The molecule has 0 bridgehead atoms. The number of aryl methyl sites for hydroxylation is 2. The molecule has 1 heterocycles. The predicted molar refractivity (Wildman–Crippen MR) is 50.1 cm³/mol. The Morgan fingerprint density at radius 2 is 2.43 bits per heavy atom. The lowest BCUT2D eigenvalue weighted by atomic mass is 10.4. The molecule has 1 rings (SSSR count). The molecule has 1 aromatic rings. The summed E-state index contributed by atoms with van der Waals surface area (Å²) in [5, 5.41) is 14.6. The zero-order chi connectivity index (χ0) is 10.6. The number of hydrogen-bond donors (Lipinski definition) is 0. The quantitative estimate of drug-likeness (QED) is 0.405. The van der Waals surface area contributed by atoms with Crippen molar-refractivity contribution in [2.75, 3.05) is 13.7 Å². The molecule has 0 aliphatic heterocycles. The smallest absolute Gasteiger partial charge is 0.345 e.